The molecule has 0 heterocycles. The summed E-state index contributed by atoms with van der Waals surface area (Å²) in [6.45, 7) is 7.25. The molecule has 0 saturated heterocycles. The molecule has 0 spiro atoms. The molecule has 25 heavy (non-hydrogen) atoms. The zero-order valence-electron chi connectivity index (χ0n) is 14.8. The van der Waals surface area contributed by atoms with E-state index in [0.29, 0.717) is 13.1 Å². The van der Waals surface area contributed by atoms with Gasteiger partial charge in [0.2, 0.25) is 26.0 Å². The Labute approximate surface area is 149 Å². The fourth-order valence-corrected chi connectivity index (χ4v) is 4.56. The minimum atomic E-state index is -3.90. The van der Waals surface area contributed by atoms with Gasteiger partial charge in [-0.25, -0.2) is 21.6 Å². The third-order valence-corrected chi connectivity index (χ3v) is 6.83. The van der Waals surface area contributed by atoms with Crippen LogP contribution in [0.25, 0.3) is 0 Å². The van der Waals surface area contributed by atoms with Crippen LogP contribution in [0.2, 0.25) is 0 Å². The highest BCUT2D eigenvalue weighted by atomic mass is 32.2. The molecule has 1 rings (SSSR count). The van der Waals surface area contributed by atoms with Gasteiger partial charge >= 0.3 is 0 Å². The molecule has 2 N–H and O–H groups in total. The normalized spacial score (nSPS) is 12.6. The molecule has 0 unspecified atom stereocenters. The summed E-state index contributed by atoms with van der Waals surface area (Å²) in [7, 11) is -7.55. The lowest BCUT2D eigenvalue weighted by atomic mass is 10.4. The molecular weight excluding hydrogens is 366 g/mol. The van der Waals surface area contributed by atoms with Gasteiger partial charge in [0, 0.05) is 19.1 Å². The Morgan fingerprint density at radius 3 is 1.92 bits per heavy atom. The van der Waals surface area contributed by atoms with Gasteiger partial charge in [-0.3, -0.25) is 4.79 Å². The second-order valence-corrected chi connectivity index (χ2v) is 9.31. The van der Waals surface area contributed by atoms with Crippen molar-refractivity contribution >= 4 is 26.0 Å². The Kier molecular flexibility index (Phi) is 7.54. The van der Waals surface area contributed by atoms with E-state index in [1.165, 1.54) is 28.6 Å². The topological polar surface area (TPSA) is 113 Å². The summed E-state index contributed by atoms with van der Waals surface area (Å²) >= 11 is 0. The average molecular weight is 392 g/mol. The Morgan fingerprint density at radius 2 is 1.48 bits per heavy atom. The molecule has 0 bridgehead atoms. The van der Waals surface area contributed by atoms with Gasteiger partial charge in [0.25, 0.3) is 0 Å². The molecule has 0 saturated carbocycles. The fourth-order valence-electron chi connectivity index (χ4n) is 2.12. The van der Waals surface area contributed by atoms with Crippen LogP contribution < -0.4 is 10.0 Å². The Hall–Kier alpha value is -1.49. The molecule has 0 radical (unpaired) electrons. The van der Waals surface area contributed by atoms with E-state index in [1.54, 1.807) is 27.7 Å². The standard InChI is InChI=1S/C15H25N3O5S2/c1-5-18(6-2)25(22,23)14-9-7-13(8-10-14)24(20,21)16-11-15(19)17-12(3)4/h7-10,12,16H,5-6,11H2,1-4H3,(H,17,19). The highest BCUT2D eigenvalue weighted by molar-refractivity contribution is 7.89. The zero-order valence-corrected chi connectivity index (χ0v) is 16.4. The summed E-state index contributed by atoms with van der Waals surface area (Å²) in [6, 6.07) is 4.81. The lowest BCUT2D eigenvalue weighted by molar-refractivity contribution is -0.120. The van der Waals surface area contributed by atoms with Crippen molar-refractivity contribution < 1.29 is 21.6 Å². The summed E-state index contributed by atoms with van der Waals surface area (Å²) in [5.41, 5.74) is 0. The first kappa shape index (κ1) is 21.6. The van der Waals surface area contributed by atoms with Crippen molar-refractivity contribution in [1.82, 2.24) is 14.3 Å². The molecule has 0 aromatic heterocycles. The molecule has 0 fully saturated rings. The monoisotopic (exact) mass is 391 g/mol. The fraction of sp³-hybridized carbons (Fsp3) is 0.533. The van der Waals surface area contributed by atoms with Crippen molar-refractivity contribution in [3.8, 4) is 0 Å². The van der Waals surface area contributed by atoms with Crippen LogP contribution in [0.5, 0.6) is 0 Å². The van der Waals surface area contributed by atoms with Crippen LogP contribution in [0, 0.1) is 0 Å². The quantitative estimate of drug-likeness (QED) is 0.637. The van der Waals surface area contributed by atoms with E-state index in [4.69, 9.17) is 0 Å². The number of hydrogen-bond acceptors (Lipinski definition) is 5. The Bertz CT molecular complexity index is 783. The van der Waals surface area contributed by atoms with Gasteiger partial charge in [0.15, 0.2) is 0 Å². The van der Waals surface area contributed by atoms with Crippen molar-refractivity contribution in [2.24, 2.45) is 0 Å². The van der Waals surface area contributed by atoms with Crippen LogP contribution >= 0.6 is 0 Å². The molecular formula is C15H25N3O5S2. The largest absolute Gasteiger partial charge is 0.353 e. The van der Waals surface area contributed by atoms with Crippen LogP contribution in [-0.4, -0.2) is 52.7 Å². The first-order chi connectivity index (χ1) is 11.5. The van der Waals surface area contributed by atoms with Gasteiger partial charge in [0.1, 0.15) is 0 Å². The predicted molar refractivity (Wildman–Crippen MR) is 95.0 cm³/mol. The number of benzene rings is 1. The number of rotatable bonds is 9. The molecule has 1 aromatic carbocycles. The molecule has 10 heteroatoms. The van der Waals surface area contributed by atoms with Crippen molar-refractivity contribution in [2.45, 2.75) is 43.5 Å². The summed E-state index contributed by atoms with van der Waals surface area (Å²) in [5, 5.41) is 2.57. The smallest absolute Gasteiger partial charge is 0.243 e. The summed E-state index contributed by atoms with van der Waals surface area (Å²) in [5.74, 6) is -0.445. The molecule has 8 nitrogen and oxygen atoms in total. The van der Waals surface area contributed by atoms with Gasteiger partial charge < -0.3 is 5.32 Å². The molecule has 142 valence electrons. The number of nitrogens with zero attached hydrogens (tertiary/aromatic N) is 1. The van der Waals surface area contributed by atoms with Crippen molar-refractivity contribution in [2.75, 3.05) is 19.6 Å². The van der Waals surface area contributed by atoms with Crippen LogP contribution in [0.3, 0.4) is 0 Å². The van der Waals surface area contributed by atoms with Gasteiger partial charge in [0.05, 0.1) is 16.3 Å². The number of hydrogen-bond donors (Lipinski definition) is 2. The third-order valence-electron chi connectivity index (χ3n) is 3.35. The molecule has 1 aromatic rings. The number of amides is 1. The minimum Gasteiger partial charge on any atom is -0.353 e. The van der Waals surface area contributed by atoms with Crippen LogP contribution in [0.15, 0.2) is 34.1 Å². The summed E-state index contributed by atoms with van der Waals surface area (Å²) < 4.78 is 52.6. The van der Waals surface area contributed by atoms with Gasteiger partial charge in [-0.05, 0) is 38.1 Å². The van der Waals surface area contributed by atoms with Crippen LogP contribution in [0.4, 0.5) is 0 Å². The number of carbonyl (C=O) groups is 1. The highest BCUT2D eigenvalue weighted by Gasteiger charge is 2.23. The molecule has 0 aliphatic heterocycles. The van der Waals surface area contributed by atoms with Crippen molar-refractivity contribution in [3.05, 3.63) is 24.3 Å². The predicted octanol–water partition coefficient (Wildman–Crippen LogP) is 0.520. The number of nitrogens with one attached hydrogen (secondary N) is 2. The van der Waals surface area contributed by atoms with E-state index < -0.39 is 26.0 Å². The lowest BCUT2D eigenvalue weighted by Crippen LogP contribution is -2.39. The van der Waals surface area contributed by atoms with Crippen molar-refractivity contribution in [1.29, 1.82) is 0 Å². The Balaban J connectivity index is 2.93. The van der Waals surface area contributed by atoms with E-state index in [9.17, 15) is 21.6 Å². The minimum absolute atomic E-state index is 0.0210. The molecule has 0 aliphatic rings. The second kappa shape index (κ2) is 8.75. The maximum Gasteiger partial charge on any atom is 0.243 e. The van der Waals surface area contributed by atoms with Gasteiger partial charge in [-0.15, -0.1) is 0 Å². The van der Waals surface area contributed by atoms with Crippen molar-refractivity contribution in [3.63, 3.8) is 0 Å². The van der Waals surface area contributed by atoms with E-state index in [1.807, 2.05) is 0 Å². The van der Waals surface area contributed by atoms with E-state index in [0.717, 1.165) is 0 Å². The first-order valence-electron chi connectivity index (χ1n) is 7.93. The summed E-state index contributed by atoms with van der Waals surface area (Å²) in [6.07, 6.45) is 0. The van der Waals surface area contributed by atoms with E-state index >= 15 is 0 Å². The van der Waals surface area contributed by atoms with Gasteiger partial charge in [-0.1, -0.05) is 13.8 Å². The average Bonchev–Trinajstić information content (AvgIpc) is 2.53. The Morgan fingerprint density at radius 1 is 1.00 bits per heavy atom. The molecule has 0 aliphatic carbocycles. The van der Waals surface area contributed by atoms with E-state index in [2.05, 4.69) is 10.0 Å². The third kappa shape index (κ3) is 5.77. The molecule has 0 atom stereocenters. The van der Waals surface area contributed by atoms with Gasteiger partial charge in [-0.2, -0.15) is 4.31 Å². The first-order valence-corrected chi connectivity index (χ1v) is 10.9. The maximum atomic E-state index is 12.4. The lowest BCUT2D eigenvalue weighted by Gasteiger charge is -2.18. The van der Waals surface area contributed by atoms with E-state index in [-0.39, 0.29) is 22.4 Å². The molecule has 1 amide bonds. The SMILES string of the molecule is CCN(CC)S(=O)(=O)c1ccc(S(=O)(=O)NCC(=O)NC(C)C)cc1. The summed E-state index contributed by atoms with van der Waals surface area (Å²) in [4.78, 5) is 11.4. The van der Waals surface area contributed by atoms with Crippen LogP contribution in [-0.2, 0) is 24.8 Å². The van der Waals surface area contributed by atoms with Crippen LogP contribution in [0.1, 0.15) is 27.7 Å². The highest BCUT2D eigenvalue weighted by Crippen LogP contribution is 2.18. The number of carbonyl (C=O) groups excluding carboxylic acids is 1. The number of sulfonamides is 2. The zero-order chi connectivity index (χ0) is 19.3. The maximum absolute atomic E-state index is 12.4. The second-order valence-electron chi connectivity index (χ2n) is 5.61.